The predicted octanol–water partition coefficient (Wildman–Crippen LogP) is 3.08. The molecule has 0 saturated heterocycles. The molecule has 0 aromatic heterocycles. The van der Waals surface area contributed by atoms with E-state index in [4.69, 9.17) is 4.74 Å². The van der Waals surface area contributed by atoms with Crippen molar-refractivity contribution in [3.63, 3.8) is 0 Å². The summed E-state index contributed by atoms with van der Waals surface area (Å²) in [5.41, 5.74) is 1.56. The summed E-state index contributed by atoms with van der Waals surface area (Å²) >= 11 is 0. The van der Waals surface area contributed by atoms with Gasteiger partial charge in [-0.1, -0.05) is 36.4 Å². The van der Waals surface area contributed by atoms with Crippen LogP contribution in [0, 0.1) is 0 Å². The van der Waals surface area contributed by atoms with Crippen molar-refractivity contribution in [2.45, 2.75) is 25.8 Å². The molecule has 2 rings (SSSR count). The first-order chi connectivity index (χ1) is 8.81. The maximum atomic E-state index is 11.7. The van der Waals surface area contributed by atoms with Crippen LogP contribution in [0.4, 0.5) is 0 Å². The molecule has 0 N–H and O–H groups in total. The summed E-state index contributed by atoms with van der Waals surface area (Å²) in [6, 6.07) is 10.1. The van der Waals surface area contributed by atoms with Crippen molar-refractivity contribution in [3.05, 3.63) is 48.0 Å². The summed E-state index contributed by atoms with van der Waals surface area (Å²) in [5.74, 6) is -0.336. The number of carbonyl (C=O) groups is 1. The molecule has 1 aromatic rings. The fraction of sp³-hybridized carbons (Fsp3) is 0.333. The van der Waals surface area contributed by atoms with Gasteiger partial charge in [0, 0.05) is 0 Å². The van der Waals surface area contributed by atoms with E-state index in [1.54, 1.807) is 13.0 Å². The van der Waals surface area contributed by atoms with Crippen molar-refractivity contribution in [2.24, 2.45) is 4.99 Å². The summed E-state index contributed by atoms with van der Waals surface area (Å²) in [6.07, 6.45) is 5.59. The van der Waals surface area contributed by atoms with Gasteiger partial charge in [-0.15, -0.1) is 0 Å². The number of carbonyl (C=O) groups excluding carboxylic acids is 1. The number of hydrogen-bond acceptors (Lipinski definition) is 3. The van der Waals surface area contributed by atoms with Gasteiger partial charge in [0.1, 0.15) is 5.71 Å². The van der Waals surface area contributed by atoms with Crippen LogP contribution in [0.1, 0.15) is 31.4 Å². The minimum Gasteiger partial charge on any atom is -0.461 e. The van der Waals surface area contributed by atoms with Gasteiger partial charge in [0.15, 0.2) is 0 Å². The van der Waals surface area contributed by atoms with Gasteiger partial charge in [-0.2, -0.15) is 0 Å². The van der Waals surface area contributed by atoms with Crippen LogP contribution in [0.15, 0.2) is 47.5 Å². The number of aliphatic imine (C=N–C) groups is 1. The molecule has 0 bridgehead atoms. The van der Waals surface area contributed by atoms with Crippen molar-refractivity contribution in [3.8, 4) is 0 Å². The van der Waals surface area contributed by atoms with E-state index in [1.807, 2.05) is 36.4 Å². The fourth-order valence-electron chi connectivity index (χ4n) is 1.97. The molecule has 1 aliphatic rings. The third-order valence-electron chi connectivity index (χ3n) is 2.85. The Balaban J connectivity index is 2.23. The maximum absolute atomic E-state index is 11.7. The average molecular weight is 243 g/mol. The molecule has 18 heavy (non-hydrogen) atoms. The molecule has 1 aliphatic heterocycles. The van der Waals surface area contributed by atoms with E-state index in [9.17, 15) is 4.79 Å². The van der Waals surface area contributed by atoms with Gasteiger partial charge in [0.05, 0.1) is 12.6 Å². The lowest BCUT2D eigenvalue weighted by Crippen LogP contribution is -2.16. The number of nitrogens with zero attached hydrogens (tertiary/aromatic N) is 1. The zero-order chi connectivity index (χ0) is 12.8. The Labute approximate surface area is 107 Å². The smallest absolute Gasteiger partial charge is 0.356 e. The first kappa shape index (κ1) is 12.6. The second-order valence-electron chi connectivity index (χ2n) is 4.14. The maximum Gasteiger partial charge on any atom is 0.356 e. The average Bonchev–Trinajstić information content (AvgIpc) is 2.66. The van der Waals surface area contributed by atoms with E-state index in [-0.39, 0.29) is 12.0 Å². The summed E-state index contributed by atoms with van der Waals surface area (Å²) < 4.78 is 5.00. The van der Waals surface area contributed by atoms with Gasteiger partial charge >= 0.3 is 5.97 Å². The first-order valence-corrected chi connectivity index (χ1v) is 6.27. The highest BCUT2D eigenvalue weighted by atomic mass is 16.5. The number of ether oxygens (including phenoxy) is 1. The highest BCUT2D eigenvalue weighted by molar-refractivity contribution is 6.41. The quantitative estimate of drug-likeness (QED) is 0.765. The molecule has 3 nitrogen and oxygen atoms in total. The number of benzene rings is 1. The molecule has 0 aliphatic carbocycles. The molecule has 1 aromatic carbocycles. The van der Waals surface area contributed by atoms with Crippen LogP contribution < -0.4 is 0 Å². The molecule has 0 spiro atoms. The molecule has 1 atom stereocenters. The monoisotopic (exact) mass is 243 g/mol. The van der Waals surface area contributed by atoms with Gasteiger partial charge in [0.25, 0.3) is 0 Å². The number of allylic oxidation sites excluding steroid dienone is 1. The van der Waals surface area contributed by atoms with Gasteiger partial charge in [-0.3, -0.25) is 4.99 Å². The predicted molar refractivity (Wildman–Crippen MR) is 71.6 cm³/mol. The third kappa shape index (κ3) is 3.06. The van der Waals surface area contributed by atoms with Crippen molar-refractivity contribution in [1.82, 2.24) is 0 Å². The molecule has 3 heteroatoms. The third-order valence-corrected chi connectivity index (χ3v) is 2.85. The molecule has 0 radical (unpaired) electrons. The molecule has 0 amide bonds. The van der Waals surface area contributed by atoms with E-state index in [0.717, 1.165) is 18.4 Å². The minimum absolute atomic E-state index is 0.0422. The number of esters is 1. The van der Waals surface area contributed by atoms with Crippen LogP contribution in [0.3, 0.4) is 0 Å². The topological polar surface area (TPSA) is 38.7 Å². The lowest BCUT2D eigenvalue weighted by molar-refractivity contribution is -0.134. The van der Waals surface area contributed by atoms with Crippen LogP contribution in [-0.2, 0) is 9.53 Å². The van der Waals surface area contributed by atoms with Crippen LogP contribution in [0.2, 0.25) is 0 Å². The molecule has 0 fully saturated rings. The standard InChI is InChI=1S/C15H17NO2/c1-2-18-15(17)14-11-7-6-10-13(16-14)12-8-4-3-5-9-12/h3-5,7-9,11,13H,2,6,10H2,1H3. The largest absolute Gasteiger partial charge is 0.461 e. The second-order valence-corrected chi connectivity index (χ2v) is 4.14. The van der Waals surface area contributed by atoms with E-state index in [1.165, 1.54) is 0 Å². The molecular weight excluding hydrogens is 226 g/mol. The molecule has 1 heterocycles. The zero-order valence-electron chi connectivity index (χ0n) is 10.5. The summed E-state index contributed by atoms with van der Waals surface area (Å²) in [4.78, 5) is 16.2. The lowest BCUT2D eigenvalue weighted by atomic mass is 10.0. The highest BCUT2D eigenvalue weighted by Crippen LogP contribution is 2.25. The van der Waals surface area contributed by atoms with E-state index >= 15 is 0 Å². The van der Waals surface area contributed by atoms with Crippen molar-refractivity contribution in [2.75, 3.05) is 6.61 Å². The number of rotatable bonds is 3. The van der Waals surface area contributed by atoms with Gasteiger partial charge in [-0.25, -0.2) is 4.79 Å². The minimum atomic E-state index is -0.336. The van der Waals surface area contributed by atoms with E-state index < -0.39 is 0 Å². The fourth-order valence-corrected chi connectivity index (χ4v) is 1.97. The Hall–Kier alpha value is -1.90. The molecule has 1 unspecified atom stereocenters. The normalized spacial score (nSPS) is 18.9. The number of hydrogen-bond donors (Lipinski definition) is 0. The Morgan fingerprint density at radius 2 is 2.17 bits per heavy atom. The van der Waals surface area contributed by atoms with Gasteiger partial charge in [-0.05, 0) is 31.4 Å². The molecule has 0 saturated carbocycles. The van der Waals surface area contributed by atoms with Crippen molar-refractivity contribution in [1.29, 1.82) is 0 Å². The Bertz CT molecular complexity index is 463. The zero-order valence-corrected chi connectivity index (χ0v) is 10.5. The van der Waals surface area contributed by atoms with Gasteiger partial charge in [0.2, 0.25) is 0 Å². The first-order valence-electron chi connectivity index (χ1n) is 6.27. The van der Waals surface area contributed by atoms with Crippen LogP contribution >= 0.6 is 0 Å². The molecular formula is C15H17NO2. The Kier molecular flexibility index (Phi) is 4.29. The van der Waals surface area contributed by atoms with Crippen molar-refractivity contribution >= 4 is 11.7 Å². The van der Waals surface area contributed by atoms with Crippen LogP contribution in [-0.4, -0.2) is 18.3 Å². The Morgan fingerprint density at radius 1 is 1.39 bits per heavy atom. The van der Waals surface area contributed by atoms with Gasteiger partial charge < -0.3 is 4.74 Å². The van der Waals surface area contributed by atoms with Crippen molar-refractivity contribution < 1.29 is 9.53 Å². The van der Waals surface area contributed by atoms with E-state index in [2.05, 4.69) is 4.99 Å². The second kappa shape index (κ2) is 6.15. The Morgan fingerprint density at radius 3 is 2.89 bits per heavy atom. The highest BCUT2D eigenvalue weighted by Gasteiger charge is 2.17. The van der Waals surface area contributed by atoms with Crippen LogP contribution in [0.25, 0.3) is 0 Å². The molecule has 94 valence electrons. The van der Waals surface area contributed by atoms with E-state index in [0.29, 0.717) is 12.3 Å². The summed E-state index contributed by atoms with van der Waals surface area (Å²) in [6.45, 7) is 2.18. The summed E-state index contributed by atoms with van der Waals surface area (Å²) in [5, 5.41) is 0. The van der Waals surface area contributed by atoms with Crippen LogP contribution in [0.5, 0.6) is 0 Å². The lowest BCUT2D eigenvalue weighted by Gasteiger charge is -2.11. The SMILES string of the molecule is CCOC(=O)C1=NC(c2ccccc2)CCC=C1. The summed E-state index contributed by atoms with van der Waals surface area (Å²) in [7, 11) is 0.